The van der Waals surface area contributed by atoms with Gasteiger partial charge in [0, 0.05) is 13.0 Å². The van der Waals surface area contributed by atoms with Crippen molar-refractivity contribution in [1.82, 2.24) is 29.4 Å². The molecule has 3 aromatic heterocycles. The van der Waals surface area contributed by atoms with Crippen LogP contribution in [0.1, 0.15) is 31.2 Å². The summed E-state index contributed by atoms with van der Waals surface area (Å²) in [7, 11) is 0. The van der Waals surface area contributed by atoms with Crippen LogP contribution in [0.4, 0.5) is 5.13 Å². The molecule has 0 saturated carbocycles. The van der Waals surface area contributed by atoms with Crippen LogP contribution in [-0.2, 0) is 17.8 Å². The van der Waals surface area contributed by atoms with Crippen LogP contribution in [0.3, 0.4) is 0 Å². The van der Waals surface area contributed by atoms with E-state index in [1.54, 1.807) is 16.5 Å². The lowest BCUT2D eigenvalue weighted by atomic mass is 10.2. The largest absolute Gasteiger partial charge is 0.300 e. The number of fused-ring (bicyclic) bond motifs is 3. The van der Waals surface area contributed by atoms with Crippen molar-refractivity contribution in [2.45, 2.75) is 44.3 Å². The Bertz CT molecular complexity index is 1320. The van der Waals surface area contributed by atoms with E-state index < -0.39 is 0 Å². The van der Waals surface area contributed by atoms with Gasteiger partial charge in [0.2, 0.25) is 16.8 Å². The molecule has 4 aromatic rings. The second-order valence-corrected chi connectivity index (χ2v) is 9.14. The molecule has 0 aliphatic heterocycles. The molecule has 0 atom stereocenters. The Balaban J connectivity index is 1.52. The fourth-order valence-corrected chi connectivity index (χ4v) is 4.88. The van der Waals surface area contributed by atoms with Crippen molar-refractivity contribution >= 4 is 50.8 Å². The van der Waals surface area contributed by atoms with Gasteiger partial charge in [0.1, 0.15) is 5.01 Å². The molecule has 1 amide bonds. The van der Waals surface area contributed by atoms with Gasteiger partial charge in [-0.2, -0.15) is 0 Å². The molecule has 32 heavy (non-hydrogen) atoms. The van der Waals surface area contributed by atoms with Crippen LogP contribution in [0.25, 0.3) is 16.7 Å². The molecule has 0 aliphatic rings. The molecule has 0 saturated heterocycles. The van der Waals surface area contributed by atoms with E-state index in [-0.39, 0.29) is 17.2 Å². The second-order valence-electron chi connectivity index (χ2n) is 7.13. The minimum Gasteiger partial charge on any atom is -0.300 e. The first-order valence-electron chi connectivity index (χ1n) is 10.3. The first-order chi connectivity index (χ1) is 15.6. The highest BCUT2D eigenvalue weighted by molar-refractivity contribution is 7.99. The van der Waals surface area contributed by atoms with Crippen molar-refractivity contribution in [3.63, 3.8) is 0 Å². The van der Waals surface area contributed by atoms with E-state index in [1.165, 1.54) is 27.7 Å². The number of nitrogens with zero attached hydrogens (tertiary/aromatic N) is 6. The van der Waals surface area contributed by atoms with Crippen molar-refractivity contribution in [2.24, 2.45) is 0 Å². The number of benzene rings is 1. The van der Waals surface area contributed by atoms with E-state index in [0.29, 0.717) is 33.5 Å². The summed E-state index contributed by atoms with van der Waals surface area (Å²) in [5, 5.41) is 21.9. The molecule has 0 bridgehead atoms. The molecule has 11 heteroatoms. The van der Waals surface area contributed by atoms with E-state index in [0.717, 1.165) is 30.7 Å². The molecule has 9 nitrogen and oxygen atoms in total. The van der Waals surface area contributed by atoms with Crippen LogP contribution in [0.2, 0.25) is 0 Å². The monoisotopic (exact) mass is 469 g/mol. The molecule has 0 aliphatic carbocycles. The highest BCUT2D eigenvalue weighted by atomic mass is 32.2. The number of carbonyl (C=O) groups is 1. The number of allylic oxidation sites excluding steroid dienone is 1. The van der Waals surface area contributed by atoms with E-state index in [4.69, 9.17) is 0 Å². The van der Waals surface area contributed by atoms with Gasteiger partial charge >= 0.3 is 0 Å². The van der Waals surface area contributed by atoms with E-state index in [9.17, 15) is 9.59 Å². The molecule has 4 rings (SSSR count). The Labute approximate surface area is 192 Å². The highest BCUT2D eigenvalue weighted by Crippen LogP contribution is 2.23. The van der Waals surface area contributed by atoms with E-state index in [1.807, 2.05) is 18.2 Å². The molecular formula is C21H23N7O2S2. The minimum absolute atomic E-state index is 0.125. The Morgan fingerprint density at radius 2 is 2.06 bits per heavy atom. The van der Waals surface area contributed by atoms with Crippen molar-refractivity contribution in [3.8, 4) is 0 Å². The van der Waals surface area contributed by atoms with Crippen LogP contribution < -0.4 is 10.9 Å². The molecule has 166 valence electrons. The highest BCUT2D eigenvalue weighted by Gasteiger charge is 2.17. The summed E-state index contributed by atoms with van der Waals surface area (Å²) in [5.41, 5.74) is 0.544. The lowest BCUT2D eigenvalue weighted by molar-refractivity contribution is -0.113. The van der Waals surface area contributed by atoms with Gasteiger partial charge in [-0.15, -0.1) is 27.0 Å². The van der Waals surface area contributed by atoms with Gasteiger partial charge in [0.15, 0.2) is 5.16 Å². The van der Waals surface area contributed by atoms with Gasteiger partial charge in [-0.05, 0) is 18.6 Å². The van der Waals surface area contributed by atoms with E-state index in [2.05, 4.69) is 39.2 Å². The average Bonchev–Trinajstić information content (AvgIpc) is 3.42. The van der Waals surface area contributed by atoms with Gasteiger partial charge < -0.3 is 0 Å². The number of hydrogen-bond donors (Lipinski definition) is 1. The minimum atomic E-state index is -0.202. The smallest absolute Gasteiger partial charge is 0.263 e. The molecule has 1 N–H and O–H groups in total. The third kappa shape index (κ3) is 4.58. The lowest BCUT2D eigenvalue weighted by Gasteiger charge is -2.09. The maximum atomic E-state index is 12.8. The number of nitrogens with one attached hydrogen (secondary N) is 1. The summed E-state index contributed by atoms with van der Waals surface area (Å²) in [4.78, 5) is 25.3. The van der Waals surface area contributed by atoms with Crippen LogP contribution in [0, 0.1) is 0 Å². The van der Waals surface area contributed by atoms with Crippen LogP contribution in [0.15, 0.2) is 46.9 Å². The number of aromatic nitrogens is 6. The van der Waals surface area contributed by atoms with Gasteiger partial charge in [-0.25, -0.2) is 0 Å². The zero-order chi connectivity index (χ0) is 22.5. The SMILES string of the molecule is C=CCn1c(=O)c2ccccc2n2c(SCC(=O)Nc3nnc(CCCCC)s3)nnc12. The summed E-state index contributed by atoms with van der Waals surface area (Å²) in [6.07, 6.45) is 5.89. The molecule has 3 heterocycles. The Hall–Kier alpha value is -3.05. The number of unbranched alkanes of at least 4 members (excludes halogenated alkanes) is 2. The maximum absolute atomic E-state index is 12.8. The fourth-order valence-electron chi connectivity index (χ4n) is 3.34. The summed E-state index contributed by atoms with van der Waals surface area (Å²) >= 11 is 2.65. The van der Waals surface area contributed by atoms with Crippen molar-refractivity contribution in [2.75, 3.05) is 11.1 Å². The number of thioether (sulfide) groups is 1. The molecule has 0 fully saturated rings. The first kappa shape index (κ1) is 22.2. The third-order valence-corrected chi connectivity index (χ3v) is 6.66. The van der Waals surface area contributed by atoms with Gasteiger partial charge in [0.25, 0.3) is 5.56 Å². The van der Waals surface area contributed by atoms with Gasteiger partial charge in [-0.3, -0.25) is 23.9 Å². The topological polar surface area (TPSA) is 107 Å². The van der Waals surface area contributed by atoms with Crippen molar-refractivity contribution in [1.29, 1.82) is 0 Å². The summed E-state index contributed by atoms with van der Waals surface area (Å²) < 4.78 is 3.32. The van der Waals surface area contributed by atoms with Crippen molar-refractivity contribution < 1.29 is 4.79 Å². The number of aryl methyl sites for hydroxylation is 1. The molecule has 0 spiro atoms. The number of carbonyl (C=O) groups excluding carboxylic acids is 1. The Morgan fingerprint density at radius 1 is 1.22 bits per heavy atom. The first-order valence-corrected chi connectivity index (χ1v) is 12.1. The Kier molecular flexibility index (Phi) is 6.96. The molecule has 0 unspecified atom stereocenters. The quantitative estimate of drug-likeness (QED) is 0.215. The zero-order valence-corrected chi connectivity index (χ0v) is 19.3. The second kappa shape index (κ2) is 10.0. The van der Waals surface area contributed by atoms with Gasteiger partial charge in [0.05, 0.1) is 16.7 Å². The predicted molar refractivity (Wildman–Crippen MR) is 127 cm³/mol. The summed E-state index contributed by atoms with van der Waals surface area (Å²) in [6, 6.07) is 7.28. The lowest BCUT2D eigenvalue weighted by Crippen LogP contribution is -2.22. The standard InChI is InChI=1S/C21H23N7O2S2/c1-3-5-6-11-17-23-24-19(32-17)22-16(29)13-31-21-26-25-20-27(12-4-2)18(30)14-9-7-8-10-15(14)28(20)21/h4,7-10H,2-3,5-6,11-13H2,1H3,(H,22,24,29). The molecule has 1 aromatic carbocycles. The van der Waals surface area contributed by atoms with Crippen molar-refractivity contribution in [3.05, 3.63) is 52.3 Å². The normalized spacial score (nSPS) is 11.3. The molecule has 0 radical (unpaired) electrons. The summed E-state index contributed by atoms with van der Waals surface area (Å²) in [6.45, 7) is 6.20. The van der Waals surface area contributed by atoms with Gasteiger partial charge in [-0.1, -0.05) is 61.1 Å². The summed E-state index contributed by atoms with van der Waals surface area (Å²) in [5.74, 6) is 0.338. The van der Waals surface area contributed by atoms with E-state index >= 15 is 0 Å². The van der Waals surface area contributed by atoms with Crippen LogP contribution in [0.5, 0.6) is 0 Å². The predicted octanol–water partition coefficient (Wildman–Crippen LogP) is 3.55. The Morgan fingerprint density at radius 3 is 2.88 bits per heavy atom. The molecular weight excluding hydrogens is 446 g/mol. The number of para-hydroxylation sites is 1. The number of amides is 1. The number of rotatable bonds is 10. The maximum Gasteiger partial charge on any atom is 0.263 e. The van der Waals surface area contributed by atoms with Crippen LogP contribution in [-0.4, -0.2) is 41.0 Å². The number of hydrogen-bond acceptors (Lipinski definition) is 8. The number of anilines is 1. The fraction of sp³-hybridized carbons (Fsp3) is 0.333. The third-order valence-electron chi connectivity index (χ3n) is 4.83. The average molecular weight is 470 g/mol. The zero-order valence-electron chi connectivity index (χ0n) is 17.7. The van der Waals surface area contributed by atoms with Crippen LogP contribution >= 0.6 is 23.1 Å².